The molecule has 1 aromatic heterocycles. The van der Waals surface area contributed by atoms with Crippen molar-refractivity contribution in [3.8, 4) is 22.6 Å². The molecule has 0 aliphatic carbocycles. The van der Waals surface area contributed by atoms with Crippen molar-refractivity contribution in [2.75, 3.05) is 9.80 Å². The molecule has 0 spiro atoms. The first-order chi connectivity index (χ1) is 26.8. The summed E-state index contributed by atoms with van der Waals surface area (Å²) in [5, 5.41) is 2.57. The molecule has 4 nitrogen and oxygen atoms in total. The second kappa shape index (κ2) is 14.5. The quantitative estimate of drug-likeness (QED) is 0.135. The Morgan fingerprint density at radius 1 is 0.574 bits per heavy atom. The molecule has 0 saturated heterocycles. The van der Waals surface area contributed by atoms with Gasteiger partial charge in [0.15, 0.2) is 11.5 Å². The number of allylic oxidation sites excluding steroid dienone is 1. The van der Waals surface area contributed by atoms with Gasteiger partial charge in [0, 0.05) is 50.1 Å². The zero-order valence-corrected chi connectivity index (χ0v) is 31.6. The van der Waals surface area contributed by atoms with Crippen molar-refractivity contribution in [1.82, 2.24) is 4.48 Å². The molecule has 8 aromatic rings. The van der Waals surface area contributed by atoms with Gasteiger partial charge in [-0.3, -0.25) is 0 Å². The van der Waals surface area contributed by atoms with Crippen LogP contribution < -0.4 is 25.5 Å². The molecule has 0 unspecified atom stereocenters. The van der Waals surface area contributed by atoms with Crippen molar-refractivity contribution >= 4 is 73.7 Å². The Morgan fingerprint density at radius 2 is 1.17 bits per heavy atom. The Kier molecular flexibility index (Phi) is 9.31. The lowest BCUT2D eigenvalue weighted by molar-refractivity contribution is 0.477. The van der Waals surface area contributed by atoms with Gasteiger partial charge >= 0.3 is 6.85 Å². The number of anilines is 6. The fraction of sp³-hybridized carbons (Fsp3) is 0.102. The highest BCUT2D eigenvalue weighted by Crippen LogP contribution is 2.54. The molecule has 0 bridgehead atoms. The van der Waals surface area contributed by atoms with E-state index >= 15 is 0 Å². The lowest BCUT2D eigenvalue weighted by Crippen LogP contribution is -2.57. The van der Waals surface area contributed by atoms with E-state index in [-0.39, 0.29) is 6.85 Å². The summed E-state index contributed by atoms with van der Waals surface area (Å²) in [5.41, 5.74) is 14.3. The normalized spacial score (nSPS) is 11.9. The number of hydrogen-bond acceptors (Lipinski definition) is 3. The zero-order chi connectivity index (χ0) is 37.3. The highest BCUT2D eigenvalue weighted by molar-refractivity contribution is 6.90. The van der Waals surface area contributed by atoms with E-state index in [0.717, 1.165) is 39.9 Å². The van der Waals surface area contributed by atoms with Gasteiger partial charge in [0.1, 0.15) is 0 Å². The van der Waals surface area contributed by atoms with Crippen LogP contribution in [0.15, 0.2) is 170 Å². The smallest absolute Gasteiger partial charge is 0.333 e. The average molecular weight is 702 g/mol. The van der Waals surface area contributed by atoms with E-state index in [1.807, 2.05) is 34.6 Å². The van der Waals surface area contributed by atoms with E-state index in [4.69, 9.17) is 4.74 Å². The van der Waals surface area contributed by atoms with Gasteiger partial charge in [-0.25, -0.2) is 0 Å². The number of fused-ring (bicyclic) bond motifs is 9. The second-order valence-corrected chi connectivity index (χ2v) is 12.9. The third-order valence-electron chi connectivity index (χ3n) is 10.1. The van der Waals surface area contributed by atoms with E-state index in [1.165, 1.54) is 49.5 Å². The zero-order valence-electron chi connectivity index (χ0n) is 31.6. The summed E-state index contributed by atoms with van der Waals surface area (Å²) in [6, 6.07) is 56.8. The van der Waals surface area contributed by atoms with Crippen LogP contribution in [0.2, 0.25) is 0 Å². The summed E-state index contributed by atoms with van der Waals surface area (Å²) in [6.45, 7) is 13.2. The Morgan fingerprint density at radius 3 is 1.89 bits per heavy atom. The number of ether oxygens (including phenoxy) is 1. The number of aromatic nitrogens is 1. The van der Waals surface area contributed by atoms with Crippen LogP contribution >= 0.6 is 0 Å². The van der Waals surface area contributed by atoms with Crippen LogP contribution in [0, 0.1) is 0 Å². The minimum absolute atomic E-state index is 0.0201. The van der Waals surface area contributed by atoms with Crippen LogP contribution in [0.4, 0.5) is 34.1 Å². The molecule has 0 amide bonds. The fourth-order valence-corrected chi connectivity index (χ4v) is 8.31. The Balaban J connectivity index is 0.000000557. The van der Waals surface area contributed by atoms with Crippen LogP contribution in [0.1, 0.15) is 34.6 Å². The first kappa shape index (κ1) is 34.6. The third-order valence-corrected chi connectivity index (χ3v) is 10.1. The van der Waals surface area contributed by atoms with Gasteiger partial charge in [0.05, 0.1) is 11.4 Å². The molecular weight excluding hydrogens is 657 g/mol. The molecule has 0 atom stereocenters. The predicted molar refractivity (Wildman–Crippen MR) is 233 cm³/mol. The molecule has 54 heavy (non-hydrogen) atoms. The number of para-hydroxylation sites is 7. The Hall–Kier alpha value is -6.46. The van der Waals surface area contributed by atoms with E-state index in [2.05, 4.69) is 179 Å². The number of nitrogens with zero attached hydrogens (tertiary/aromatic N) is 3. The van der Waals surface area contributed by atoms with Crippen molar-refractivity contribution in [1.29, 1.82) is 0 Å². The molecule has 3 aliphatic heterocycles. The Bertz CT molecular complexity index is 2590. The minimum Gasteiger partial charge on any atom is -0.453 e. The summed E-state index contributed by atoms with van der Waals surface area (Å²) < 4.78 is 9.24. The van der Waals surface area contributed by atoms with E-state index in [9.17, 15) is 0 Å². The van der Waals surface area contributed by atoms with E-state index in [0.29, 0.717) is 0 Å². The summed E-state index contributed by atoms with van der Waals surface area (Å²) >= 11 is 0. The largest absolute Gasteiger partial charge is 0.453 e. The Labute approximate surface area is 319 Å². The summed E-state index contributed by atoms with van der Waals surface area (Å²) in [4.78, 5) is 4.83. The monoisotopic (exact) mass is 701 g/mol. The van der Waals surface area contributed by atoms with Crippen LogP contribution in [0.5, 0.6) is 11.5 Å². The van der Waals surface area contributed by atoms with Gasteiger partial charge in [0.25, 0.3) is 0 Å². The van der Waals surface area contributed by atoms with Gasteiger partial charge < -0.3 is 19.0 Å². The third kappa shape index (κ3) is 5.22. The lowest BCUT2D eigenvalue weighted by atomic mass is 9.45. The standard InChI is InChI=1S/C42H26BN3O.C3H6.2C2H6/c1-3-13-27(14-4-1)44(28-15-5-2-6-16-28)29-25-33-32-19-11-18-31-30-17-7-8-21-35(30)46(41(31)32)43-34-20-12-24-39-42(34)45(37(26-29)40(33)43)36-22-9-10-23-38(36)47-39;1-3-2;2*1-2/h1-26H;3H,1H2,2H3;2*1-2H3. The number of rotatable bonds is 3. The van der Waals surface area contributed by atoms with Crippen LogP contribution in [-0.2, 0) is 0 Å². The van der Waals surface area contributed by atoms with Crippen LogP contribution in [0.25, 0.3) is 32.9 Å². The molecular formula is C49H44BN3O. The molecule has 7 aromatic carbocycles. The average Bonchev–Trinajstić information content (AvgIpc) is 3.58. The highest BCUT2D eigenvalue weighted by Gasteiger charge is 2.45. The van der Waals surface area contributed by atoms with Crippen molar-refractivity contribution in [3.63, 3.8) is 0 Å². The van der Waals surface area contributed by atoms with Crippen molar-refractivity contribution < 1.29 is 4.74 Å². The first-order valence-electron chi connectivity index (χ1n) is 19.1. The number of benzene rings is 7. The molecule has 11 rings (SSSR count). The summed E-state index contributed by atoms with van der Waals surface area (Å²) in [6.07, 6.45) is 1.75. The van der Waals surface area contributed by atoms with Gasteiger partial charge in [-0.15, -0.1) is 6.58 Å². The summed E-state index contributed by atoms with van der Waals surface area (Å²) in [7, 11) is 0. The molecule has 5 heteroatoms. The van der Waals surface area contributed by atoms with Gasteiger partial charge in [0.2, 0.25) is 0 Å². The maximum Gasteiger partial charge on any atom is 0.333 e. The molecule has 0 N–H and O–H groups in total. The topological polar surface area (TPSA) is 20.6 Å². The minimum atomic E-state index is -0.0201. The maximum absolute atomic E-state index is 6.65. The molecule has 0 fully saturated rings. The molecule has 3 aliphatic rings. The van der Waals surface area contributed by atoms with Gasteiger partial charge in [-0.05, 0) is 84.1 Å². The van der Waals surface area contributed by atoms with Gasteiger partial charge in [-0.2, -0.15) is 0 Å². The lowest BCUT2D eigenvalue weighted by Gasteiger charge is -2.43. The molecule has 264 valence electrons. The first-order valence-corrected chi connectivity index (χ1v) is 19.1. The number of hydrogen-bond donors (Lipinski definition) is 0. The van der Waals surface area contributed by atoms with Crippen LogP contribution in [0.3, 0.4) is 0 Å². The van der Waals surface area contributed by atoms with Crippen LogP contribution in [-0.4, -0.2) is 11.3 Å². The summed E-state index contributed by atoms with van der Waals surface area (Å²) in [5.74, 6) is 1.75. The molecule has 4 heterocycles. The van der Waals surface area contributed by atoms with Crippen molar-refractivity contribution in [3.05, 3.63) is 170 Å². The van der Waals surface area contributed by atoms with Gasteiger partial charge in [-0.1, -0.05) is 131 Å². The van der Waals surface area contributed by atoms with E-state index < -0.39 is 0 Å². The highest BCUT2D eigenvalue weighted by atomic mass is 16.5. The fourth-order valence-electron chi connectivity index (χ4n) is 8.31. The maximum atomic E-state index is 6.65. The predicted octanol–water partition coefficient (Wildman–Crippen LogP) is 13.0. The second-order valence-electron chi connectivity index (χ2n) is 12.9. The van der Waals surface area contributed by atoms with Crippen molar-refractivity contribution in [2.24, 2.45) is 0 Å². The SMILES string of the molecule is C=CC.CC.CC.c1ccc(N(c2ccccc2)c2cc3c4c(c2)N2c5ccccc5Oc5cccc(c52)B4n2c4ccccc4c4cccc-3c42)cc1. The van der Waals surface area contributed by atoms with E-state index in [1.54, 1.807) is 6.08 Å². The molecule has 0 saturated carbocycles. The van der Waals surface area contributed by atoms with Crippen molar-refractivity contribution in [2.45, 2.75) is 34.6 Å². The molecule has 0 radical (unpaired) electrons.